The third-order valence-electron chi connectivity index (χ3n) is 3.17. The van der Waals surface area contributed by atoms with E-state index >= 15 is 0 Å². The summed E-state index contributed by atoms with van der Waals surface area (Å²) in [4.78, 5) is 4.50. The van der Waals surface area contributed by atoms with Gasteiger partial charge < -0.3 is 0 Å². The molecule has 20 heavy (non-hydrogen) atoms. The van der Waals surface area contributed by atoms with E-state index in [9.17, 15) is 0 Å². The van der Waals surface area contributed by atoms with E-state index in [0.717, 1.165) is 11.3 Å². The fourth-order valence-corrected chi connectivity index (χ4v) is 2.14. The Morgan fingerprint density at radius 3 is 2.60 bits per heavy atom. The van der Waals surface area contributed by atoms with Crippen LogP contribution in [0.5, 0.6) is 0 Å². The molecule has 0 aromatic carbocycles. The van der Waals surface area contributed by atoms with Crippen LogP contribution in [-0.4, -0.2) is 6.21 Å². The Bertz CT molecular complexity index is 660. The molecule has 100 valence electrons. The third-order valence-corrected chi connectivity index (χ3v) is 3.17. The number of aliphatic imine (C=N–C) groups is 1. The van der Waals surface area contributed by atoms with Crippen molar-refractivity contribution < 1.29 is 0 Å². The smallest absolute Gasteiger partial charge is 0.0623 e. The van der Waals surface area contributed by atoms with Gasteiger partial charge in [-0.25, -0.2) is 0 Å². The number of rotatable bonds is 4. The molecule has 0 spiro atoms. The van der Waals surface area contributed by atoms with Crippen molar-refractivity contribution in [2.24, 2.45) is 4.99 Å². The van der Waals surface area contributed by atoms with Crippen molar-refractivity contribution in [1.29, 1.82) is 0 Å². The van der Waals surface area contributed by atoms with E-state index in [0.29, 0.717) is 0 Å². The zero-order valence-corrected chi connectivity index (χ0v) is 12.0. The molecule has 0 bridgehead atoms. The second kappa shape index (κ2) is 6.67. The molecule has 0 aliphatic heterocycles. The van der Waals surface area contributed by atoms with Crippen molar-refractivity contribution >= 4 is 6.21 Å². The minimum atomic E-state index is 0.857. The summed E-state index contributed by atoms with van der Waals surface area (Å²) < 4.78 is 0. The summed E-state index contributed by atoms with van der Waals surface area (Å²) in [6, 6.07) is 12.6. The van der Waals surface area contributed by atoms with E-state index in [1.807, 2.05) is 37.4 Å². The average molecular weight is 261 g/mol. The van der Waals surface area contributed by atoms with Crippen LogP contribution in [0.4, 0.5) is 0 Å². The van der Waals surface area contributed by atoms with E-state index < -0.39 is 0 Å². The first-order valence-corrected chi connectivity index (χ1v) is 6.74. The van der Waals surface area contributed by atoms with Crippen LogP contribution in [0, 0.1) is 6.92 Å². The number of hydrogen-bond acceptors (Lipinski definition) is 1. The Labute approximate surface area is 121 Å². The first-order valence-electron chi connectivity index (χ1n) is 6.74. The molecule has 0 radical (unpaired) electrons. The molecular formula is C19H19N. The summed E-state index contributed by atoms with van der Waals surface area (Å²) in [5, 5.41) is 0. The monoisotopic (exact) mass is 261 g/mol. The predicted octanol–water partition coefficient (Wildman–Crippen LogP) is 5.16. The van der Waals surface area contributed by atoms with Gasteiger partial charge in [0.25, 0.3) is 0 Å². The summed E-state index contributed by atoms with van der Waals surface area (Å²) in [7, 11) is 0. The lowest BCUT2D eigenvalue weighted by Crippen LogP contribution is -1.81. The van der Waals surface area contributed by atoms with Crippen molar-refractivity contribution in [2.45, 2.75) is 13.8 Å². The molecule has 2 aliphatic carbocycles. The Morgan fingerprint density at radius 2 is 1.90 bits per heavy atom. The molecule has 0 heterocycles. The number of aryl methyl sites for hydroxylation is 1. The van der Waals surface area contributed by atoms with Gasteiger partial charge >= 0.3 is 0 Å². The van der Waals surface area contributed by atoms with E-state index in [1.54, 1.807) is 6.08 Å². The third kappa shape index (κ3) is 3.12. The Hall–Kier alpha value is -2.41. The highest BCUT2D eigenvalue weighted by atomic mass is 14.7. The quantitative estimate of drug-likeness (QED) is 0.532. The van der Waals surface area contributed by atoms with Crippen LogP contribution < -0.4 is 0 Å². The number of hydrogen-bond donors (Lipinski definition) is 0. The maximum atomic E-state index is 4.50. The fourth-order valence-electron chi connectivity index (χ4n) is 2.14. The van der Waals surface area contributed by atoms with Crippen LogP contribution in [0.3, 0.4) is 0 Å². The zero-order valence-electron chi connectivity index (χ0n) is 12.0. The van der Waals surface area contributed by atoms with E-state index in [-0.39, 0.29) is 0 Å². The highest BCUT2D eigenvalue weighted by Crippen LogP contribution is 2.30. The fraction of sp³-hybridized carbons (Fsp3) is 0.105. The molecule has 0 N–H and O–H groups in total. The molecular weight excluding hydrogens is 242 g/mol. The molecule has 2 aliphatic rings. The molecule has 1 nitrogen and oxygen atoms in total. The lowest BCUT2D eigenvalue weighted by atomic mass is 10.1. The second-order valence-electron chi connectivity index (χ2n) is 4.60. The predicted molar refractivity (Wildman–Crippen MR) is 88.5 cm³/mol. The molecule has 0 atom stereocenters. The van der Waals surface area contributed by atoms with Gasteiger partial charge in [-0.05, 0) is 48.8 Å². The van der Waals surface area contributed by atoms with Gasteiger partial charge in [-0.15, -0.1) is 0 Å². The van der Waals surface area contributed by atoms with Gasteiger partial charge in [-0.2, -0.15) is 0 Å². The van der Waals surface area contributed by atoms with Gasteiger partial charge in [0.15, 0.2) is 0 Å². The molecule has 0 saturated carbocycles. The summed E-state index contributed by atoms with van der Waals surface area (Å²) in [6.45, 7) is 7.90. The molecule has 0 amide bonds. The molecule has 1 heteroatoms. The van der Waals surface area contributed by atoms with Gasteiger partial charge in [0.1, 0.15) is 0 Å². The Morgan fingerprint density at radius 1 is 1.15 bits per heavy atom. The highest BCUT2D eigenvalue weighted by molar-refractivity contribution is 5.94. The zero-order chi connectivity index (χ0) is 14.4. The lowest BCUT2D eigenvalue weighted by molar-refractivity contribution is 1.42. The molecule has 2 rings (SSSR count). The SMILES string of the molecule is C=C/C(=C\C=C/C)N=Cc1cc(C)c2cccccc1-2. The van der Waals surface area contributed by atoms with Crippen LogP contribution in [0.25, 0.3) is 11.1 Å². The van der Waals surface area contributed by atoms with Crippen molar-refractivity contribution in [1.82, 2.24) is 0 Å². The van der Waals surface area contributed by atoms with Crippen LogP contribution >= 0.6 is 0 Å². The molecule has 0 aromatic rings. The summed E-state index contributed by atoms with van der Waals surface area (Å²) >= 11 is 0. The molecule has 0 unspecified atom stereocenters. The first-order chi connectivity index (χ1) is 9.76. The normalized spacial score (nSPS) is 12.6. The van der Waals surface area contributed by atoms with Crippen molar-refractivity contribution in [3.8, 4) is 11.1 Å². The standard InChI is InChI=1S/C19H19N/c1-4-6-10-17(5-2)20-14-16-13-15(3)18-11-8-7-9-12-19(16)18/h4-14H,2H2,1,3H3/b6-4-,17-10+,20-14?. The molecule has 0 saturated heterocycles. The van der Waals surface area contributed by atoms with E-state index in [1.165, 1.54) is 16.7 Å². The van der Waals surface area contributed by atoms with E-state index in [4.69, 9.17) is 0 Å². The largest absolute Gasteiger partial charge is 0.256 e. The van der Waals surface area contributed by atoms with Gasteiger partial charge in [0, 0.05) is 11.8 Å². The topological polar surface area (TPSA) is 12.4 Å². The molecule has 0 fully saturated rings. The average Bonchev–Trinajstić information content (AvgIpc) is 2.65. The lowest BCUT2D eigenvalue weighted by Gasteiger charge is -1.96. The molecule has 0 aromatic heterocycles. The maximum Gasteiger partial charge on any atom is 0.0623 e. The van der Waals surface area contributed by atoms with Crippen LogP contribution in [0.2, 0.25) is 0 Å². The Balaban J connectivity index is 2.39. The Kier molecular flexibility index (Phi) is 4.67. The van der Waals surface area contributed by atoms with Gasteiger partial charge in [0.05, 0.1) is 5.70 Å². The number of allylic oxidation sites excluding steroid dienone is 4. The van der Waals surface area contributed by atoms with Crippen molar-refractivity contribution in [2.75, 3.05) is 0 Å². The van der Waals surface area contributed by atoms with Gasteiger partial charge in [-0.3, -0.25) is 4.99 Å². The van der Waals surface area contributed by atoms with Crippen LogP contribution in [0.1, 0.15) is 18.1 Å². The number of nitrogens with zero attached hydrogens (tertiary/aromatic N) is 1. The van der Waals surface area contributed by atoms with Crippen LogP contribution in [-0.2, 0) is 0 Å². The summed E-state index contributed by atoms with van der Waals surface area (Å²) in [5.41, 5.74) is 5.77. The van der Waals surface area contributed by atoms with Crippen molar-refractivity contribution in [3.05, 3.63) is 84.1 Å². The van der Waals surface area contributed by atoms with Gasteiger partial charge in [-0.1, -0.05) is 49.1 Å². The van der Waals surface area contributed by atoms with Crippen molar-refractivity contribution in [3.63, 3.8) is 0 Å². The first kappa shape index (κ1) is 14.0. The maximum absolute atomic E-state index is 4.50. The summed E-state index contributed by atoms with van der Waals surface area (Å²) in [6.07, 6.45) is 9.55. The number of fused-ring (bicyclic) bond motifs is 1. The minimum absolute atomic E-state index is 0.857. The van der Waals surface area contributed by atoms with Crippen LogP contribution in [0.15, 0.2) is 78.0 Å². The summed E-state index contributed by atoms with van der Waals surface area (Å²) in [5.74, 6) is 0. The second-order valence-corrected chi connectivity index (χ2v) is 4.60. The highest BCUT2D eigenvalue weighted by Gasteiger charge is 2.09. The minimum Gasteiger partial charge on any atom is -0.256 e. The van der Waals surface area contributed by atoms with Gasteiger partial charge in [0.2, 0.25) is 0 Å². The van der Waals surface area contributed by atoms with E-state index in [2.05, 4.69) is 48.8 Å².